The van der Waals surface area contributed by atoms with Gasteiger partial charge >= 0.3 is 39.5 Å². The molecule has 0 rings (SSSR count). The van der Waals surface area contributed by atoms with Crippen LogP contribution in [0.3, 0.4) is 0 Å². The number of rotatable bonds is 60. The highest BCUT2D eigenvalue weighted by Gasteiger charge is 2.30. The summed E-state index contributed by atoms with van der Waals surface area (Å²) in [5.41, 5.74) is 0. The lowest BCUT2D eigenvalue weighted by Crippen LogP contribution is -2.30. The standard InChI is InChI=1S/C59H114O17P2/c1-5-9-13-17-19-21-22-23-24-25-26-27-28-29-30-31-32-34-38-42-46-59(64)76-55(50-70-57(62)44-40-37-33-20-18-14-10-6-2)52-74-78(67,68)72-48-53(60)47-71-77(65,66)73-51-54(75-58(63)45-41-36-16-12-8-4)49-69-56(61)43-39-35-15-11-7-3/h53-55,60H,5-52H2,1-4H3,(H,65,66)(H,67,68)/t53-,54+,55+/m0/s1. The molecule has 3 N–H and O–H groups in total. The molecule has 0 heterocycles. The van der Waals surface area contributed by atoms with Gasteiger partial charge in [-0.3, -0.25) is 37.3 Å². The lowest BCUT2D eigenvalue weighted by atomic mass is 10.0. The van der Waals surface area contributed by atoms with Gasteiger partial charge in [0, 0.05) is 25.7 Å². The van der Waals surface area contributed by atoms with Gasteiger partial charge in [-0.25, -0.2) is 9.13 Å². The number of hydrogen-bond donors (Lipinski definition) is 3. The van der Waals surface area contributed by atoms with Crippen LogP contribution in [0, 0.1) is 0 Å². The van der Waals surface area contributed by atoms with Crippen LogP contribution in [0.2, 0.25) is 0 Å². The number of carbonyl (C=O) groups is 4. The van der Waals surface area contributed by atoms with E-state index in [1.54, 1.807) is 0 Å². The number of esters is 4. The maximum absolute atomic E-state index is 12.9. The highest BCUT2D eigenvalue weighted by atomic mass is 31.2. The second kappa shape index (κ2) is 54.3. The Morgan fingerprint density at radius 1 is 0.308 bits per heavy atom. The van der Waals surface area contributed by atoms with E-state index in [9.17, 15) is 43.2 Å². The van der Waals surface area contributed by atoms with E-state index in [0.29, 0.717) is 25.7 Å². The number of ether oxygens (including phenoxy) is 4. The van der Waals surface area contributed by atoms with Crippen molar-refractivity contribution in [2.45, 2.75) is 316 Å². The van der Waals surface area contributed by atoms with Crippen molar-refractivity contribution in [3.05, 3.63) is 0 Å². The van der Waals surface area contributed by atoms with E-state index in [2.05, 4.69) is 27.7 Å². The normalized spacial score (nSPS) is 14.3. The van der Waals surface area contributed by atoms with E-state index >= 15 is 0 Å². The largest absolute Gasteiger partial charge is 0.472 e. The van der Waals surface area contributed by atoms with Crippen LogP contribution in [0.4, 0.5) is 0 Å². The molecule has 5 atom stereocenters. The zero-order valence-electron chi connectivity index (χ0n) is 49.6. The molecule has 0 radical (unpaired) electrons. The molecule has 78 heavy (non-hydrogen) atoms. The molecule has 0 bridgehead atoms. The smallest absolute Gasteiger partial charge is 0.462 e. The van der Waals surface area contributed by atoms with E-state index in [1.807, 2.05) is 0 Å². The molecule has 0 aliphatic carbocycles. The van der Waals surface area contributed by atoms with Crippen molar-refractivity contribution in [3.8, 4) is 0 Å². The summed E-state index contributed by atoms with van der Waals surface area (Å²) in [5.74, 6) is -2.17. The van der Waals surface area contributed by atoms with Crippen molar-refractivity contribution in [3.63, 3.8) is 0 Å². The molecule has 0 aromatic heterocycles. The second-order valence-corrected chi connectivity index (χ2v) is 24.3. The van der Waals surface area contributed by atoms with Crippen molar-refractivity contribution >= 4 is 39.5 Å². The summed E-state index contributed by atoms with van der Waals surface area (Å²) in [6.07, 6.45) is 38.6. The average Bonchev–Trinajstić information content (AvgIpc) is 3.41. The third-order valence-electron chi connectivity index (χ3n) is 13.6. The SMILES string of the molecule is CCCCCCCCCCCCCCCCCCCCCCC(=O)O[C@H](COC(=O)CCCCCCCCCC)COP(=O)(O)OC[C@@H](O)COP(=O)(O)OC[C@@H](COC(=O)CCCCCCC)OC(=O)CCCCCCC. The summed E-state index contributed by atoms with van der Waals surface area (Å²) < 4.78 is 67.3. The highest BCUT2D eigenvalue weighted by molar-refractivity contribution is 7.47. The van der Waals surface area contributed by atoms with Gasteiger partial charge < -0.3 is 33.8 Å². The number of phosphoric acid groups is 2. The number of aliphatic hydroxyl groups excluding tert-OH is 1. The molecule has 19 heteroatoms. The summed E-state index contributed by atoms with van der Waals surface area (Å²) >= 11 is 0. The van der Waals surface area contributed by atoms with Gasteiger partial charge in [0.05, 0.1) is 26.4 Å². The molecule has 0 aliphatic rings. The van der Waals surface area contributed by atoms with Gasteiger partial charge in [0.2, 0.25) is 0 Å². The van der Waals surface area contributed by atoms with Crippen LogP contribution in [-0.2, 0) is 65.4 Å². The van der Waals surface area contributed by atoms with Crippen LogP contribution in [0.5, 0.6) is 0 Å². The van der Waals surface area contributed by atoms with Crippen LogP contribution in [0.25, 0.3) is 0 Å². The fourth-order valence-electron chi connectivity index (χ4n) is 8.75. The van der Waals surface area contributed by atoms with E-state index in [0.717, 1.165) is 103 Å². The summed E-state index contributed by atoms with van der Waals surface area (Å²) in [6.45, 7) is 4.64. The molecule has 0 aliphatic heterocycles. The maximum Gasteiger partial charge on any atom is 0.472 e. The lowest BCUT2D eigenvalue weighted by Gasteiger charge is -2.21. The van der Waals surface area contributed by atoms with Crippen molar-refractivity contribution < 1.29 is 80.2 Å². The number of phosphoric ester groups is 2. The maximum atomic E-state index is 12.9. The Hall–Kier alpha value is -1.94. The summed E-state index contributed by atoms with van der Waals surface area (Å²) in [6, 6.07) is 0. The first-order valence-corrected chi connectivity index (χ1v) is 34.3. The molecule has 2 unspecified atom stereocenters. The van der Waals surface area contributed by atoms with Gasteiger partial charge in [-0.2, -0.15) is 0 Å². The number of carbonyl (C=O) groups excluding carboxylic acids is 4. The molecule has 0 fully saturated rings. The molecule has 462 valence electrons. The van der Waals surface area contributed by atoms with Crippen LogP contribution < -0.4 is 0 Å². The fraction of sp³-hybridized carbons (Fsp3) is 0.932. The molecule has 0 aromatic carbocycles. The minimum Gasteiger partial charge on any atom is -0.462 e. The van der Waals surface area contributed by atoms with Crippen LogP contribution in [-0.4, -0.2) is 96.7 Å². The quantitative estimate of drug-likeness (QED) is 0.0222. The van der Waals surface area contributed by atoms with Gasteiger partial charge in [0.15, 0.2) is 12.2 Å². The minimum atomic E-state index is -4.93. The topological polar surface area (TPSA) is 237 Å². The first-order valence-electron chi connectivity index (χ1n) is 31.3. The van der Waals surface area contributed by atoms with Crippen molar-refractivity contribution in [2.75, 3.05) is 39.6 Å². The number of aliphatic hydroxyl groups is 1. The first kappa shape index (κ1) is 76.1. The van der Waals surface area contributed by atoms with Crippen LogP contribution in [0.15, 0.2) is 0 Å². The predicted octanol–water partition coefficient (Wildman–Crippen LogP) is 16.0. The fourth-order valence-corrected chi connectivity index (χ4v) is 10.3. The molecule has 0 saturated heterocycles. The molecular weight excluding hydrogens is 1040 g/mol. The first-order chi connectivity index (χ1) is 37.7. The molecule has 0 spiro atoms. The summed E-state index contributed by atoms with van der Waals surface area (Å²) in [4.78, 5) is 71.3. The lowest BCUT2D eigenvalue weighted by molar-refractivity contribution is -0.161. The Labute approximate surface area is 473 Å². The summed E-state index contributed by atoms with van der Waals surface area (Å²) in [7, 11) is -9.85. The van der Waals surface area contributed by atoms with Crippen LogP contribution >= 0.6 is 15.6 Å². The Bertz CT molecular complexity index is 1520. The number of unbranched alkanes of at least 4 members (excludes halogenated alkanes) is 34. The Kier molecular flexibility index (Phi) is 53.0. The minimum absolute atomic E-state index is 0.0990. The van der Waals surface area contributed by atoms with Gasteiger partial charge in [0.1, 0.15) is 19.3 Å². The molecule has 0 saturated carbocycles. The Morgan fingerprint density at radius 2 is 0.513 bits per heavy atom. The van der Waals surface area contributed by atoms with E-state index in [1.165, 1.54) is 116 Å². The van der Waals surface area contributed by atoms with Crippen molar-refractivity contribution in [1.82, 2.24) is 0 Å². The van der Waals surface area contributed by atoms with Crippen LogP contribution in [0.1, 0.15) is 297 Å². The van der Waals surface area contributed by atoms with Gasteiger partial charge in [-0.05, 0) is 25.7 Å². The number of hydrogen-bond acceptors (Lipinski definition) is 15. The summed E-state index contributed by atoms with van der Waals surface area (Å²) in [5, 5.41) is 10.4. The zero-order valence-corrected chi connectivity index (χ0v) is 51.4. The van der Waals surface area contributed by atoms with Gasteiger partial charge in [0.25, 0.3) is 0 Å². The monoisotopic (exact) mass is 1160 g/mol. The van der Waals surface area contributed by atoms with E-state index in [4.69, 9.17) is 37.0 Å². The predicted molar refractivity (Wildman–Crippen MR) is 308 cm³/mol. The van der Waals surface area contributed by atoms with Gasteiger partial charge in [-0.1, -0.05) is 246 Å². The van der Waals surface area contributed by atoms with Gasteiger partial charge in [-0.15, -0.1) is 0 Å². The van der Waals surface area contributed by atoms with Crippen molar-refractivity contribution in [2.24, 2.45) is 0 Å². The molecular formula is C59H114O17P2. The van der Waals surface area contributed by atoms with E-state index < -0.39 is 97.5 Å². The molecule has 17 nitrogen and oxygen atoms in total. The van der Waals surface area contributed by atoms with Crippen molar-refractivity contribution in [1.29, 1.82) is 0 Å². The molecule has 0 aromatic rings. The Morgan fingerprint density at radius 3 is 0.756 bits per heavy atom. The highest BCUT2D eigenvalue weighted by Crippen LogP contribution is 2.45. The van der Waals surface area contributed by atoms with E-state index in [-0.39, 0.29) is 25.7 Å². The zero-order chi connectivity index (χ0) is 57.6. The Balaban J connectivity index is 4.99. The second-order valence-electron chi connectivity index (χ2n) is 21.4. The molecule has 0 amide bonds. The third kappa shape index (κ3) is 53.4. The average molecular weight is 1160 g/mol. The third-order valence-corrected chi connectivity index (χ3v) is 15.5.